The molecule has 31 heavy (non-hydrogen) atoms. The predicted molar refractivity (Wildman–Crippen MR) is 124 cm³/mol. The summed E-state index contributed by atoms with van der Waals surface area (Å²) in [6.45, 7) is 1.13. The van der Waals surface area contributed by atoms with Crippen LogP contribution in [0.2, 0.25) is 5.02 Å². The highest BCUT2D eigenvalue weighted by Crippen LogP contribution is 2.57. The van der Waals surface area contributed by atoms with Crippen molar-refractivity contribution in [3.8, 4) is 11.5 Å². The molecule has 2 aromatic carbocycles. The van der Waals surface area contributed by atoms with E-state index in [2.05, 4.69) is 39.5 Å². The van der Waals surface area contributed by atoms with Gasteiger partial charge in [-0.05, 0) is 73.2 Å². The van der Waals surface area contributed by atoms with Gasteiger partial charge < -0.3 is 19.5 Å². The van der Waals surface area contributed by atoms with E-state index in [0.29, 0.717) is 31.1 Å². The molecule has 0 bridgehead atoms. The Morgan fingerprint density at radius 1 is 1.10 bits per heavy atom. The molecule has 1 fully saturated rings. The van der Waals surface area contributed by atoms with E-state index < -0.39 is 5.54 Å². The van der Waals surface area contributed by atoms with Crippen LogP contribution in [0.1, 0.15) is 36.8 Å². The lowest BCUT2D eigenvalue weighted by molar-refractivity contribution is -0.147. The number of ether oxygens (including phenoxy) is 3. The van der Waals surface area contributed by atoms with Crippen molar-refractivity contribution < 1.29 is 19.0 Å². The molecule has 2 aliphatic carbocycles. The second-order valence-electron chi connectivity index (χ2n) is 8.37. The number of esters is 1. The minimum absolute atomic E-state index is 0.182. The maximum atomic E-state index is 12.9. The molecule has 5 nitrogen and oxygen atoms in total. The first-order valence-corrected chi connectivity index (χ1v) is 11.6. The van der Waals surface area contributed by atoms with Gasteiger partial charge in [-0.15, -0.1) is 0 Å². The molecule has 0 aromatic heterocycles. The van der Waals surface area contributed by atoms with Crippen molar-refractivity contribution in [3.05, 3.63) is 57.0 Å². The molecule has 3 aliphatic rings. The topological polar surface area (TPSA) is 56.8 Å². The molecule has 0 saturated heterocycles. The number of carbonyl (C=O) groups excluding carboxylic acids is 1. The predicted octanol–water partition coefficient (Wildman–Crippen LogP) is 5.70. The van der Waals surface area contributed by atoms with Gasteiger partial charge in [0.15, 0.2) is 11.5 Å². The fourth-order valence-corrected chi connectivity index (χ4v) is 6.12. The van der Waals surface area contributed by atoms with Gasteiger partial charge in [0.25, 0.3) is 0 Å². The van der Waals surface area contributed by atoms with Crippen LogP contribution in [0.4, 0.5) is 5.69 Å². The first-order valence-electron chi connectivity index (χ1n) is 10.4. The molecular formula is C24H23BrClNO4. The maximum absolute atomic E-state index is 12.9. The lowest BCUT2D eigenvalue weighted by Crippen LogP contribution is -2.52. The number of rotatable bonds is 3. The van der Waals surface area contributed by atoms with Gasteiger partial charge in [-0.3, -0.25) is 0 Å². The average Bonchev–Trinajstić information content (AvgIpc) is 3.03. The van der Waals surface area contributed by atoms with Gasteiger partial charge in [-0.1, -0.05) is 33.6 Å². The second kappa shape index (κ2) is 7.75. The van der Waals surface area contributed by atoms with Crippen molar-refractivity contribution in [2.24, 2.45) is 0 Å². The zero-order valence-electron chi connectivity index (χ0n) is 17.2. The monoisotopic (exact) mass is 503 g/mol. The highest BCUT2D eigenvalue weighted by molar-refractivity contribution is 9.11. The number of methoxy groups -OCH3 is 1. The van der Waals surface area contributed by atoms with Crippen molar-refractivity contribution in [2.75, 3.05) is 25.6 Å². The van der Waals surface area contributed by atoms with E-state index in [1.54, 1.807) is 0 Å². The summed E-state index contributed by atoms with van der Waals surface area (Å²) in [4.78, 5) is 12.9. The van der Waals surface area contributed by atoms with Gasteiger partial charge in [0.1, 0.15) is 18.8 Å². The molecule has 5 rings (SSSR count). The van der Waals surface area contributed by atoms with Crippen LogP contribution in [0.5, 0.6) is 11.5 Å². The molecule has 0 unspecified atom stereocenters. The molecule has 0 atom stereocenters. The normalized spacial score (nSPS) is 26.2. The lowest BCUT2D eigenvalue weighted by atomic mass is 9.65. The summed E-state index contributed by atoms with van der Waals surface area (Å²) in [5, 5.41) is 4.07. The summed E-state index contributed by atoms with van der Waals surface area (Å²) in [5.41, 5.74) is 2.21. The highest BCUT2D eigenvalue weighted by Gasteiger charge is 2.52. The number of carbonyl (C=O) groups is 1. The average molecular weight is 505 g/mol. The zero-order valence-corrected chi connectivity index (χ0v) is 19.5. The summed E-state index contributed by atoms with van der Waals surface area (Å²) < 4.78 is 18.0. The molecule has 162 valence electrons. The van der Waals surface area contributed by atoms with E-state index in [1.165, 1.54) is 12.7 Å². The van der Waals surface area contributed by atoms with E-state index in [1.807, 2.05) is 24.3 Å². The number of halogens is 2. The van der Waals surface area contributed by atoms with Crippen molar-refractivity contribution in [3.63, 3.8) is 0 Å². The van der Waals surface area contributed by atoms with Crippen LogP contribution >= 0.6 is 27.5 Å². The molecule has 1 aliphatic heterocycles. The minimum Gasteiger partial charge on any atom is -0.486 e. The number of anilines is 1. The molecule has 1 heterocycles. The molecule has 1 spiro atoms. The first-order chi connectivity index (χ1) is 15.0. The number of nitrogens with one attached hydrogen (secondary N) is 1. The van der Waals surface area contributed by atoms with Gasteiger partial charge in [0.05, 0.1) is 7.11 Å². The quantitative estimate of drug-likeness (QED) is 0.544. The summed E-state index contributed by atoms with van der Waals surface area (Å²) in [6, 6.07) is 11.6. The lowest BCUT2D eigenvalue weighted by Gasteiger charge is -2.45. The number of benzene rings is 2. The van der Waals surface area contributed by atoms with Crippen LogP contribution in [0.3, 0.4) is 0 Å². The van der Waals surface area contributed by atoms with E-state index in [9.17, 15) is 4.79 Å². The number of hydrogen-bond donors (Lipinski definition) is 1. The van der Waals surface area contributed by atoms with E-state index in [-0.39, 0.29) is 11.4 Å². The third kappa shape index (κ3) is 3.40. The number of hydrogen-bond acceptors (Lipinski definition) is 5. The van der Waals surface area contributed by atoms with Gasteiger partial charge in [-0.25, -0.2) is 4.79 Å². The largest absolute Gasteiger partial charge is 0.486 e. The van der Waals surface area contributed by atoms with Crippen LogP contribution in [0.15, 0.2) is 40.9 Å². The second-order valence-corrected chi connectivity index (χ2v) is 9.66. The van der Waals surface area contributed by atoms with Crippen LogP contribution in [0.25, 0.3) is 6.08 Å². The fraction of sp³-hybridized carbons (Fsp3) is 0.375. The maximum Gasteiger partial charge on any atom is 0.331 e. The van der Waals surface area contributed by atoms with Crippen LogP contribution in [-0.2, 0) is 14.9 Å². The summed E-state index contributed by atoms with van der Waals surface area (Å²) in [5.74, 6) is 1.34. The van der Waals surface area contributed by atoms with Crippen molar-refractivity contribution in [1.82, 2.24) is 0 Å². The third-order valence-electron chi connectivity index (χ3n) is 6.71. The summed E-state index contributed by atoms with van der Waals surface area (Å²) >= 11 is 10.0. The smallest absolute Gasteiger partial charge is 0.331 e. The molecular weight excluding hydrogens is 482 g/mol. The molecule has 7 heteroatoms. The van der Waals surface area contributed by atoms with E-state index in [0.717, 1.165) is 40.1 Å². The van der Waals surface area contributed by atoms with E-state index >= 15 is 0 Å². The standard InChI is InChI=1S/C24H23BrClNO4/c1-29-22(28)24(27-17-4-2-3-16(26)13-17)7-5-23(6-8-24)18-14-20-19(30-9-10-31-20)11-15(18)12-21(23)25/h2-4,11-14,27H,5-10H2,1H3. The SMILES string of the molecule is COC(=O)C1(Nc2cccc(Cl)c2)CCC2(CC1)C(Br)=Cc1cc3c(cc12)OCCO3. The Bertz CT molecular complexity index is 1080. The Balaban J connectivity index is 1.47. The Kier molecular flexibility index (Phi) is 5.18. The van der Waals surface area contributed by atoms with Gasteiger partial charge >= 0.3 is 5.97 Å². The zero-order chi connectivity index (χ0) is 21.6. The van der Waals surface area contributed by atoms with Gasteiger partial charge in [-0.2, -0.15) is 0 Å². The van der Waals surface area contributed by atoms with Crippen molar-refractivity contribution in [2.45, 2.75) is 36.6 Å². The first kappa shape index (κ1) is 20.7. The summed E-state index contributed by atoms with van der Waals surface area (Å²) in [6.07, 6.45) is 5.01. The molecule has 1 N–H and O–H groups in total. The molecule has 0 amide bonds. The molecule has 1 saturated carbocycles. The third-order valence-corrected chi connectivity index (χ3v) is 7.93. The van der Waals surface area contributed by atoms with Crippen molar-refractivity contribution >= 4 is 45.3 Å². The van der Waals surface area contributed by atoms with Crippen molar-refractivity contribution in [1.29, 1.82) is 0 Å². The Morgan fingerprint density at radius 3 is 2.48 bits per heavy atom. The van der Waals surface area contributed by atoms with Crippen LogP contribution in [0, 0.1) is 0 Å². The Morgan fingerprint density at radius 2 is 1.81 bits per heavy atom. The minimum atomic E-state index is -0.797. The summed E-state index contributed by atoms with van der Waals surface area (Å²) in [7, 11) is 1.44. The Labute approximate surface area is 194 Å². The molecule has 0 radical (unpaired) electrons. The molecule has 2 aromatic rings. The van der Waals surface area contributed by atoms with Gasteiger partial charge in [0, 0.05) is 20.6 Å². The van der Waals surface area contributed by atoms with E-state index in [4.69, 9.17) is 25.8 Å². The Hall–Kier alpha value is -2.18. The van der Waals surface area contributed by atoms with Crippen LogP contribution < -0.4 is 14.8 Å². The number of allylic oxidation sites excluding steroid dienone is 1. The highest BCUT2D eigenvalue weighted by atomic mass is 79.9. The number of fused-ring (bicyclic) bond motifs is 3. The van der Waals surface area contributed by atoms with Gasteiger partial charge in [0.2, 0.25) is 0 Å². The van der Waals surface area contributed by atoms with Crippen LogP contribution in [-0.4, -0.2) is 31.8 Å². The fourth-order valence-electron chi connectivity index (χ4n) is 5.07.